The number of benzene rings is 2. The zero-order chi connectivity index (χ0) is 30.4. The van der Waals surface area contributed by atoms with Crippen LogP contribution in [0, 0.1) is 11.3 Å². The van der Waals surface area contributed by atoms with Crippen molar-refractivity contribution in [3.8, 4) is 0 Å². The van der Waals surface area contributed by atoms with E-state index >= 15 is 0 Å². The van der Waals surface area contributed by atoms with E-state index in [-0.39, 0.29) is 41.4 Å². The lowest BCUT2D eigenvalue weighted by molar-refractivity contribution is -0.141. The second-order valence-corrected chi connectivity index (χ2v) is 12.8. The Morgan fingerprint density at radius 2 is 1.51 bits per heavy atom. The van der Waals surface area contributed by atoms with Gasteiger partial charge >= 0.3 is 12.0 Å². The van der Waals surface area contributed by atoms with Crippen molar-refractivity contribution in [2.24, 2.45) is 11.3 Å². The molecule has 0 aromatic heterocycles. The molecule has 0 aliphatic heterocycles. The third-order valence-electron chi connectivity index (χ3n) is 6.00. The minimum Gasteiger partial charge on any atom is -0.480 e. The van der Waals surface area contributed by atoms with Crippen LogP contribution < -0.4 is 21.3 Å². The lowest BCUT2D eigenvalue weighted by Crippen LogP contribution is -2.43. The van der Waals surface area contributed by atoms with Crippen LogP contribution in [0.15, 0.2) is 54.6 Å². The molecule has 4 amide bonds. The van der Waals surface area contributed by atoms with Crippen LogP contribution in [0.5, 0.6) is 0 Å². The minimum absolute atomic E-state index is 0.0657. The molecule has 41 heavy (non-hydrogen) atoms. The number of thioether (sulfide) groups is 1. The van der Waals surface area contributed by atoms with Crippen molar-refractivity contribution in [2.45, 2.75) is 65.8 Å². The van der Waals surface area contributed by atoms with Crippen molar-refractivity contribution in [3.63, 3.8) is 0 Å². The number of aliphatic carboxylic acids is 1. The average Bonchev–Trinajstić information content (AvgIpc) is 2.88. The van der Waals surface area contributed by atoms with Crippen LogP contribution in [0.3, 0.4) is 0 Å². The smallest absolute Gasteiger partial charge is 0.327 e. The molecule has 0 heterocycles. The van der Waals surface area contributed by atoms with Crippen molar-refractivity contribution < 1.29 is 24.3 Å². The van der Waals surface area contributed by atoms with E-state index < -0.39 is 12.0 Å². The minimum atomic E-state index is -1.05. The first-order chi connectivity index (χ1) is 19.3. The van der Waals surface area contributed by atoms with Gasteiger partial charge in [-0.05, 0) is 59.8 Å². The van der Waals surface area contributed by atoms with E-state index in [0.29, 0.717) is 42.4 Å². The van der Waals surface area contributed by atoms with Crippen LogP contribution in [0.4, 0.5) is 16.2 Å². The number of carboxylic acid groups (broad SMARTS) is 1. The summed E-state index contributed by atoms with van der Waals surface area (Å²) in [5.74, 6) is -0.500. The number of para-hydroxylation sites is 1. The van der Waals surface area contributed by atoms with Crippen LogP contribution in [-0.4, -0.2) is 53.0 Å². The molecule has 10 heteroatoms. The third-order valence-corrected chi connectivity index (χ3v) is 7.15. The summed E-state index contributed by atoms with van der Waals surface area (Å²) < 4.78 is 0. The number of hydrogen-bond donors (Lipinski definition) is 5. The van der Waals surface area contributed by atoms with Gasteiger partial charge in [-0.25, -0.2) is 9.59 Å². The normalized spacial score (nSPS) is 12.7. The van der Waals surface area contributed by atoms with Crippen LogP contribution in [0.1, 0.15) is 65.4 Å². The second kappa shape index (κ2) is 16.7. The third kappa shape index (κ3) is 13.6. The summed E-state index contributed by atoms with van der Waals surface area (Å²) >= 11 is 1.44. The molecule has 5 N–H and O–H groups in total. The molecule has 0 fully saturated rings. The first-order valence-electron chi connectivity index (χ1n) is 13.9. The van der Waals surface area contributed by atoms with Crippen LogP contribution >= 0.6 is 11.8 Å². The van der Waals surface area contributed by atoms with E-state index in [1.54, 1.807) is 24.3 Å². The Morgan fingerprint density at radius 3 is 2.07 bits per heavy atom. The van der Waals surface area contributed by atoms with E-state index in [4.69, 9.17) is 0 Å². The monoisotopic (exact) mass is 584 g/mol. The second-order valence-electron chi connectivity index (χ2n) is 11.7. The molecule has 0 aliphatic carbocycles. The van der Waals surface area contributed by atoms with Gasteiger partial charge in [0.1, 0.15) is 6.04 Å². The maximum absolute atomic E-state index is 13.1. The highest BCUT2D eigenvalue weighted by Gasteiger charge is 2.24. The van der Waals surface area contributed by atoms with Gasteiger partial charge in [0.2, 0.25) is 11.8 Å². The highest BCUT2D eigenvalue weighted by Crippen LogP contribution is 2.26. The van der Waals surface area contributed by atoms with Gasteiger partial charge in [-0.3, -0.25) is 9.59 Å². The molecular formula is C31H44N4O5S. The lowest BCUT2D eigenvalue weighted by Gasteiger charge is -2.20. The molecule has 2 atom stereocenters. The highest BCUT2D eigenvalue weighted by atomic mass is 32.2. The molecule has 224 valence electrons. The van der Waals surface area contributed by atoms with Crippen LogP contribution in [-0.2, 0) is 14.4 Å². The largest absolute Gasteiger partial charge is 0.480 e. The highest BCUT2D eigenvalue weighted by molar-refractivity contribution is 7.99. The summed E-state index contributed by atoms with van der Waals surface area (Å²) in [6.07, 6.45) is 1.61. The molecule has 0 spiro atoms. The molecule has 2 rings (SSSR count). The Bertz CT molecular complexity index is 1130. The average molecular weight is 585 g/mol. The number of carbonyl (C=O) groups is 4. The fraction of sp³-hybridized carbons (Fsp3) is 0.484. The number of anilines is 2. The fourth-order valence-electron chi connectivity index (χ4n) is 4.09. The molecule has 0 saturated heterocycles. The van der Waals surface area contributed by atoms with Gasteiger partial charge in [0.25, 0.3) is 0 Å². The van der Waals surface area contributed by atoms with Gasteiger partial charge < -0.3 is 26.4 Å². The number of rotatable bonds is 15. The first-order valence-corrected chi connectivity index (χ1v) is 15.1. The van der Waals surface area contributed by atoms with E-state index in [9.17, 15) is 24.3 Å². The summed E-state index contributed by atoms with van der Waals surface area (Å²) in [5, 5.41) is 20.6. The SMILES string of the molecule is CC(C)CC(C(=O)NCCCSC[C@@H](NC(=O)CC(C)(C)C)C(=O)O)c1ccc(NC(=O)Nc2ccccc2)cc1. The molecule has 0 radical (unpaired) electrons. The fourth-order valence-corrected chi connectivity index (χ4v) is 5.07. The summed E-state index contributed by atoms with van der Waals surface area (Å²) in [5.41, 5.74) is 1.97. The summed E-state index contributed by atoms with van der Waals surface area (Å²) in [6.45, 7) is 10.4. The van der Waals surface area contributed by atoms with E-state index in [0.717, 1.165) is 5.56 Å². The Hall–Kier alpha value is -3.53. The molecule has 2 aromatic carbocycles. The number of amides is 4. The predicted molar refractivity (Wildman–Crippen MR) is 166 cm³/mol. The topological polar surface area (TPSA) is 137 Å². The quantitative estimate of drug-likeness (QED) is 0.170. The maximum Gasteiger partial charge on any atom is 0.327 e. The molecule has 0 saturated carbocycles. The number of carboxylic acids is 1. The Balaban J connectivity index is 1.82. The number of urea groups is 1. The van der Waals surface area contributed by atoms with Gasteiger partial charge in [-0.15, -0.1) is 0 Å². The first kappa shape index (κ1) is 33.7. The van der Waals surface area contributed by atoms with Gasteiger partial charge in [0.15, 0.2) is 0 Å². The maximum atomic E-state index is 13.1. The van der Waals surface area contributed by atoms with E-state index in [2.05, 4.69) is 35.1 Å². The molecule has 9 nitrogen and oxygen atoms in total. The van der Waals surface area contributed by atoms with Crippen molar-refractivity contribution in [1.29, 1.82) is 0 Å². The van der Waals surface area contributed by atoms with Gasteiger partial charge in [0.05, 0.1) is 5.92 Å². The molecule has 0 aliphatic rings. The number of carbonyl (C=O) groups excluding carboxylic acids is 3. The summed E-state index contributed by atoms with van der Waals surface area (Å²) in [4.78, 5) is 49.0. The van der Waals surface area contributed by atoms with Crippen LogP contribution in [0.25, 0.3) is 0 Å². The van der Waals surface area contributed by atoms with Crippen molar-refractivity contribution >= 4 is 47.0 Å². The van der Waals surface area contributed by atoms with Crippen molar-refractivity contribution in [3.05, 3.63) is 60.2 Å². The molecule has 2 aromatic rings. The zero-order valence-electron chi connectivity index (χ0n) is 24.7. The Kier molecular flexibility index (Phi) is 13.7. The van der Waals surface area contributed by atoms with Gasteiger partial charge in [-0.1, -0.05) is 65.0 Å². The molecular weight excluding hydrogens is 540 g/mol. The standard InChI is InChI=1S/C31H44N4O5S/c1-21(2)18-25(22-12-14-24(15-13-22)34-30(40)33-23-10-7-6-8-11-23)28(37)32-16-9-17-41-20-26(29(38)39)35-27(36)19-31(3,4)5/h6-8,10-15,21,25-26H,9,16-20H2,1-5H3,(H,32,37)(H,35,36)(H,38,39)(H2,33,34,40)/t25?,26-/m1/s1. The van der Waals surface area contributed by atoms with Gasteiger partial charge in [-0.2, -0.15) is 11.8 Å². The Morgan fingerprint density at radius 1 is 0.902 bits per heavy atom. The number of nitrogens with one attached hydrogen (secondary N) is 4. The van der Waals surface area contributed by atoms with E-state index in [1.165, 1.54) is 11.8 Å². The van der Waals surface area contributed by atoms with Crippen molar-refractivity contribution in [1.82, 2.24) is 10.6 Å². The molecule has 0 bridgehead atoms. The Labute approximate surface area is 247 Å². The van der Waals surface area contributed by atoms with E-state index in [1.807, 2.05) is 51.1 Å². The lowest BCUT2D eigenvalue weighted by atomic mass is 9.89. The van der Waals surface area contributed by atoms with Crippen molar-refractivity contribution in [2.75, 3.05) is 28.7 Å². The zero-order valence-corrected chi connectivity index (χ0v) is 25.5. The predicted octanol–water partition coefficient (Wildman–Crippen LogP) is 5.71. The summed E-state index contributed by atoms with van der Waals surface area (Å²) in [7, 11) is 0. The molecule has 1 unspecified atom stereocenters. The summed E-state index contributed by atoms with van der Waals surface area (Å²) in [6, 6.07) is 15.2. The number of hydrogen-bond acceptors (Lipinski definition) is 5. The van der Waals surface area contributed by atoms with Gasteiger partial charge in [0, 0.05) is 30.1 Å². The van der Waals surface area contributed by atoms with Crippen LogP contribution in [0.2, 0.25) is 0 Å².